The number of benzene rings is 2. The van der Waals surface area contributed by atoms with Crippen LogP contribution in [0.15, 0.2) is 42.5 Å². The molecule has 0 saturated carbocycles. The van der Waals surface area contributed by atoms with Crippen molar-refractivity contribution in [3.05, 3.63) is 65.0 Å². The highest BCUT2D eigenvalue weighted by Gasteiger charge is 2.17. The first-order valence-electron chi connectivity index (χ1n) is 6.36. The first kappa shape index (κ1) is 13.6. The topological polar surface area (TPSA) is 35.2 Å². The first-order chi connectivity index (χ1) is 9.13. The summed E-state index contributed by atoms with van der Waals surface area (Å²) >= 11 is 0. The molecule has 0 aliphatic rings. The third-order valence-corrected chi connectivity index (χ3v) is 3.04. The average molecular weight is 259 g/mol. The summed E-state index contributed by atoms with van der Waals surface area (Å²) in [5, 5.41) is 0. The summed E-state index contributed by atoms with van der Waals surface area (Å²) in [5.74, 6) is 0.419. The number of halogens is 1. The molecule has 2 nitrogen and oxygen atoms in total. The molecule has 1 unspecified atom stereocenters. The second-order valence-electron chi connectivity index (χ2n) is 4.47. The van der Waals surface area contributed by atoms with E-state index in [1.165, 1.54) is 6.07 Å². The molecule has 100 valence electrons. The van der Waals surface area contributed by atoms with Crippen LogP contribution in [0.4, 0.5) is 4.39 Å². The Morgan fingerprint density at radius 1 is 1.16 bits per heavy atom. The average Bonchev–Trinajstić information content (AvgIpc) is 2.41. The molecule has 0 aromatic heterocycles. The number of nitrogens with two attached hydrogens (primary N) is 1. The fourth-order valence-electron chi connectivity index (χ4n) is 2.09. The van der Waals surface area contributed by atoms with Crippen LogP contribution in [0.1, 0.15) is 29.7 Å². The lowest BCUT2D eigenvalue weighted by atomic mass is 9.97. The van der Waals surface area contributed by atoms with Crippen molar-refractivity contribution in [2.75, 3.05) is 6.61 Å². The van der Waals surface area contributed by atoms with E-state index < -0.39 is 6.04 Å². The Hall–Kier alpha value is -1.87. The van der Waals surface area contributed by atoms with E-state index in [4.69, 9.17) is 10.5 Å². The lowest BCUT2D eigenvalue weighted by molar-refractivity contribution is 0.335. The lowest BCUT2D eigenvalue weighted by Crippen LogP contribution is -2.15. The normalized spacial score (nSPS) is 12.2. The van der Waals surface area contributed by atoms with E-state index in [1.807, 2.05) is 32.0 Å². The highest BCUT2D eigenvalue weighted by molar-refractivity contribution is 5.43. The summed E-state index contributed by atoms with van der Waals surface area (Å²) in [4.78, 5) is 0. The Morgan fingerprint density at radius 3 is 2.58 bits per heavy atom. The number of ether oxygens (including phenoxy) is 1. The van der Waals surface area contributed by atoms with Crippen LogP contribution in [0.25, 0.3) is 0 Å². The van der Waals surface area contributed by atoms with Crippen LogP contribution in [-0.4, -0.2) is 6.61 Å². The van der Waals surface area contributed by atoms with E-state index in [2.05, 4.69) is 0 Å². The number of hydrogen-bond donors (Lipinski definition) is 1. The summed E-state index contributed by atoms with van der Waals surface area (Å²) in [7, 11) is 0. The summed E-state index contributed by atoms with van der Waals surface area (Å²) in [6.45, 7) is 4.45. The van der Waals surface area contributed by atoms with Gasteiger partial charge in [0.1, 0.15) is 11.6 Å². The van der Waals surface area contributed by atoms with Crippen molar-refractivity contribution >= 4 is 0 Å². The van der Waals surface area contributed by atoms with Crippen molar-refractivity contribution < 1.29 is 9.13 Å². The zero-order valence-corrected chi connectivity index (χ0v) is 11.2. The number of hydrogen-bond acceptors (Lipinski definition) is 2. The van der Waals surface area contributed by atoms with Gasteiger partial charge in [-0.05, 0) is 26.0 Å². The summed E-state index contributed by atoms with van der Waals surface area (Å²) < 4.78 is 19.4. The monoisotopic (exact) mass is 259 g/mol. The van der Waals surface area contributed by atoms with Crippen molar-refractivity contribution in [2.45, 2.75) is 19.9 Å². The Bertz CT molecular complexity index is 568. The molecule has 0 radical (unpaired) electrons. The maximum Gasteiger partial charge on any atom is 0.128 e. The van der Waals surface area contributed by atoms with Gasteiger partial charge in [0.15, 0.2) is 0 Å². The molecule has 0 fully saturated rings. The first-order valence-corrected chi connectivity index (χ1v) is 6.36. The molecule has 2 rings (SSSR count). The third-order valence-electron chi connectivity index (χ3n) is 3.04. The maximum absolute atomic E-state index is 13.8. The van der Waals surface area contributed by atoms with Crippen LogP contribution >= 0.6 is 0 Å². The molecular weight excluding hydrogens is 241 g/mol. The smallest absolute Gasteiger partial charge is 0.128 e. The van der Waals surface area contributed by atoms with E-state index in [0.29, 0.717) is 17.9 Å². The molecule has 2 aromatic rings. The van der Waals surface area contributed by atoms with Gasteiger partial charge in [-0.2, -0.15) is 0 Å². The second kappa shape index (κ2) is 5.85. The summed E-state index contributed by atoms with van der Waals surface area (Å²) in [6.07, 6.45) is 0. The highest BCUT2D eigenvalue weighted by atomic mass is 19.1. The van der Waals surface area contributed by atoms with Crippen LogP contribution in [0.5, 0.6) is 5.75 Å². The predicted octanol–water partition coefficient (Wildman–Crippen LogP) is 3.58. The van der Waals surface area contributed by atoms with E-state index in [0.717, 1.165) is 11.1 Å². The van der Waals surface area contributed by atoms with E-state index in [-0.39, 0.29) is 5.82 Å². The van der Waals surface area contributed by atoms with E-state index in [1.54, 1.807) is 18.2 Å². The molecule has 1 atom stereocenters. The molecule has 3 heteroatoms. The molecule has 0 spiro atoms. The summed E-state index contributed by atoms with van der Waals surface area (Å²) in [5.41, 5.74) is 8.56. The molecule has 19 heavy (non-hydrogen) atoms. The van der Waals surface area contributed by atoms with E-state index >= 15 is 0 Å². The minimum Gasteiger partial charge on any atom is -0.494 e. The van der Waals surface area contributed by atoms with Gasteiger partial charge in [0.25, 0.3) is 0 Å². The van der Waals surface area contributed by atoms with Crippen molar-refractivity contribution in [2.24, 2.45) is 5.73 Å². The fourth-order valence-corrected chi connectivity index (χ4v) is 2.09. The van der Waals surface area contributed by atoms with Gasteiger partial charge in [0.2, 0.25) is 0 Å². The highest BCUT2D eigenvalue weighted by Crippen LogP contribution is 2.30. The summed E-state index contributed by atoms with van der Waals surface area (Å²) in [6, 6.07) is 11.8. The number of aryl methyl sites for hydroxylation is 1. The zero-order chi connectivity index (χ0) is 13.8. The van der Waals surface area contributed by atoms with Gasteiger partial charge in [-0.3, -0.25) is 0 Å². The van der Waals surface area contributed by atoms with Gasteiger partial charge in [-0.1, -0.05) is 35.9 Å². The van der Waals surface area contributed by atoms with Crippen molar-refractivity contribution in [3.63, 3.8) is 0 Å². The molecule has 0 amide bonds. The van der Waals surface area contributed by atoms with Gasteiger partial charge < -0.3 is 10.5 Å². The van der Waals surface area contributed by atoms with Gasteiger partial charge >= 0.3 is 0 Å². The largest absolute Gasteiger partial charge is 0.494 e. The minimum atomic E-state index is -0.525. The fraction of sp³-hybridized carbons (Fsp3) is 0.250. The SMILES string of the molecule is CCOc1ccc(C)cc1C(N)c1ccccc1F. The molecule has 0 saturated heterocycles. The second-order valence-corrected chi connectivity index (χ2v) is 4.47. The molecule has 2 N–H and O–H groups in total. The molecule has 0 aliphatic heterocycles. The molecule has 0 heterocycles. The van der Waals surface area contributed by atoms with Crippen molar-refractivity contribution in [1.82, 2.24) is 0 Å². The van der Waals surface area contributed by atoms with Crippen molar-refractivity contribution in [1.29, 1.82) is 0 Å². The predicted molar refractivity (Wildman–Crippen MR) is 74.8 cm³/mol. The molecule has 0 aliphatic carbocycles. The van der Waals surface area contributed by atoms with Gasteiger partial charge in [0, 0.05) is 11.1 Å². The van der Waals surface area contributed by atoms with Crippen LogP contribution in [0, 0.1) is 12.7 Å². The third kappa shape index (κ3) is 2.93. The molecule has 2 aromatic carbocycles. The Labute approximate surface area is 113 Å². The Morgan fingerprint density at radius 2 is 1.89 bits per heavy atom. The zero-order valence-electron chi connectivity index (χ0n) is 11.2. The van der Waals surface area contributed by atoms with E-state index in [9.17, 15) is 4.39 Å². The van der Waals surface area contributed by atoms with Crippen LogP contribution in [0.2, 0.25) is 0 Å². The Balaban J connectivity index is 2.45. The van der Waals surface area contributed by atoms with Gasteiger partial charge in [-0.15, -0.1) is 0 Å². The Kier molecular flexibility index (Phi) is 4.17. The van der Waals surface area contributed by atoms with Crippen LogP contribution < -0.4 is 10.5 Å². The minimum absolute atomic E-state index is 0.293. The maximum atomic E-state index is 13.8. The van der Waals surface area contributed by atoms with Gasteiger partial charge in [0.05, 0.1) is 12.6 Å². The quantitative estimate of drug-likeness (QED) is 0.910. The molecular formula is C16H18FNO. The lowest BCUT2D eigenvalue weighted by Gasteiger charge is -2.18. The van der Waals surface area contributed by atoms with Crippen molar-refractivity contribution in [3.8, 4) is 5.75 Å². The standard InChI is InChI=1S/C16H18FNO/c1-3-19-15-9-8-11(2)10-13(15)16(18)12-6-4-5-7-14(12)17/h4-10,16H,3,18H2,1-2H3. The van der Waals surface area contributed by atoms with Crippen LogP contribution in [0.3, 0.4) is 0 Å². The van der Waals surface area contributed by atoms with Gasteiger partial charge in [-0.25, -0.2) is 4.39 Å². The van der Waals surface area contributed by atoms with Crippen LogP contribution in [-0.2, 0) is 0 Å². The molecule has 0 bridgehead atoms. The number of rotatable bonds is 4.